The number of hydrogen-bond acceptors (Lipinski definition) is 9. The van der Waals surface area contributed by atoms with Crippen molar-refractivity contribution in [1.29, 1.82) is 0 Å². The molecular weight excluding hydrogens is 529 g/mol. The van der Waals surface area contributed by atoms with Crippen LogP contribution in [0.15, 0.2) is 42.5 Å². The molecule has 1 fully saturated rings. The lowest BCUT2D eigenvalue weighted by atomic mass is 10.0. The van der Waals surface area contributed by atoms with Gasteiger partial charge in [0, 0.05) is 12.1 Å². The van der Waals surface area contributed by atoms with Crippen LogP contribution in [0.4, 0.5) is 13.2 Å². The van der Waals surface area contributed by atoms with Gasteiger partial charge in [-0.25, -0.2) is 14.4 Å². The van der Waals surface area contributed by atoms with Gasteiger partial charge in [0.05, 0.1) is 25.8 Å². The predicted molar refractivity (Wildman–Crippen MR) is 129 cm³/mol. The monoisotopic (exact) mass is 556 g/mol. The first-order chi connectivity index (χ1) is 18.4. The van der Waals surface area contributed by atoms with Gasteiger partial charge in [-0.1, -0.05) is 6.07 Å². The molecule has 2 atom stereocenters. The van der Waals surface area contributed by atoms with Gasteiger partial charge < -0.3 is 35.1 Å². The average molecular weight is 556 g/mol. The number of amides is 1. The molecule has 11 nitrogen and oxygen atoms in total. The zero-order chi connectivity index (χ0) is 29.2. The number of benzene rings is 2. The molecule has 4 N–H and O–H groups in total. The van der Waals surface area contributed by atoms with Crippen LogP contribution in [0.2, 0.25) is 0 Å². The number of carboxylic acids is 1. The van der Waals surface area contributed by atoms with Crippen molar-refractivity contribution in [2.75, 3.05) is 27.3 Å². The fourth-order valence-corrected chi connectivity index (χ4v) is 3.55. The number of nitrogens with one attached hydrogen (secondary N) is 2. The van der Waals surface area contributed by atoms with Crippen LogP contribution < -0.4 is 15.4 Å². The summed E-state index contributed by atoms with van der Waals surface area (Å²) < 4.78 is 47.5. The van der Waals surface area contributed by atoms with Gasteiger partial charge in [-0.2, -0.15) is 13.2 Å². The molecule has 2 aromatic carbocycles. The summed E-state index contributed by atoms with van der Waals surface area (Å²) in [5.74, 6) is -4.27. The van der Waals surface area contributed by atoms with E-state index in [9.17, 15) is 32.7 Å². The second-order valence-electron chi connectivity index (χ2n) is 8.09. The fraction of sp³-hybridized carbons (Fsp3) is 0.360. The van der Waals surface area contributed by atoms with Crippen molar-refractivity contribution in [2.45, 2.75) is 31.2 Å². The van der Waals surface area contributed by atoms with E-state index in [0.29, 0.717) is 25.1 Å². The van der Waals surface area contributed by atoms with Crippen molar-refractivity contribution in [3.8, 4) is 11.5 Å². The molecule has 0 radical (unpaired) electrons. The van der Waals surface area contributed by atoms with Gasteiger partial charge >= 0.3 is 24.1 Å². The first-order valence-corrected chi connectivity index (χ1v) is 11.5. The van der Waals surface area contributed by atoms with E-state index >= 15 is 0 Å². The Morgan fingerprint density at radius 1 is 1.03 bits per heavy atom. The number of phenols is 1. The van der Waals surface area contributed by atoms with Crippen LogP contribution in [0.1, 0.15) is 43.9 Å². The minimum atomic E-state index is -5.08. The molecule has 0 spiro atoms. The third kappa shape index (κ3) is 8.88. The van der Waals surface area contributed by atoms with Crippen LogP contribution in [-0.4, -0.2) is 79.7 Å². The molecule has 2 aromatic rings. The number of aromatic hydroxyl groups is 1. The Kier molecular flexibility index (Phi) is 11.1. The van der Waals surface area contributed by atoms with Crippen molar-refractivity contribution in [3.63, 3.8) is 0 Å². The van der Waals surface area contributed by atoms with E-state index in [1.54, 1.807) is 12.1 Å². The molecule has 1 aliphatic rings. The highest BCUT2D eigenvalue weighted by Gasteiger charge is 2.38. The highest BCUT2D eigenvalue weighted by Crippen LogP contribution is 2.25. The summed E-state index contributed by atoms with van der Waals surface area (Å²) in [4.78, 5) is 46.8. The molecule has 0 aliphatic carbocycles. The highest BCUT2D eigenvalue weighted by molar-refractivity contribution is 6.05. The van der Waals surface area contributed by atoms with E-state index < -0.39 is 36.2 Å². The summed E-state index contributed by atoms with van der Waals surface area (Å²) in [5.41, 5.74) is 0.383. The maximum atomic E-state index is 13.0. The Balaban J connectivity index is 0.000000673. The summed E-state index contributed by atoms with van der Waals surface area (Å²) in [7, 11) is 2.61. The van der Waals surface area contributed by atoms with Crippen LogP contribution in [0, 0.1) is 0 Å². The van der Waals surface area contributed by atoms with Gasteiger partial charge in [0.2, 0.25) is 0 Å². The van der Waals surface area contributed by atoms with Crippen LogP contribution >= 0.6 is 0 Å². The molecular formula is C25H27F3N2O9. The van der Waals surface area contributed by atoms with Crippen LogP contribution in [0.5, 0.6) is 11.5 Å². The van der Waals surface area contributed by atoms with Crippen molar-refractivity contribution in [1.82, 2.24) is 10.6 Å². The minimum Gasteiger partial charge on any atom is -0.508 e. The van der Waals surface area contributed by atoms with Gasteiger partial charge in [-0.15, -0.1) is 0 Å². The van der Waals surface area contributed by atoms with Crippen molar-refractivity contribution in [3.05, 3.63) is 59.2 Å². The number of halogens is 3. The molecule has 3 rings (SSSR count). The Hall–Kier alpha value is -4.33. The van der Waals surface area contributed by atoms with Gasteiger partial charge in [0.1, 0.15) is 23.2 Å². The molecule has 0 bridgehead atoms. The maximum Gasteiger partial charge on any atom is 0.490 e. The first kappa shape index (κ1) is 30.9. The zero-order valence-corrected chi connectivity index (χ0v) is 20.9. The SMILES string of the molecule is COC(=O)c1c(OC)cccc1C(=O)O[C@@H]1CCCNC[C@H]1NC(=O)c1ccc(O)cc1.O=C(O)C(F)(F)F. The molecule has 1 saturated heterocycles. The molecule has 14 heteroatoms. The molecule has 0 saturated carbocycles. The normalized spacial score (nSPS) is 16.9. The van der Waals surface area contributed by atoms with Gasteiger partial charge in [0.25, 0.3) is 5.91 Å². The molecule has 0 unspecified atom stereocenters. The van der Waals surface area contributed by atoms with E-state index in [1.165, 1.54) is 44.6 Å². The average Bonchev–Trinajstić information content (AvgIpc) is 3.12. The van der Waals surface area contributed by atoms with Gasteiger partial charge in [-0.3, -0.25) is 4.79 Å². The molecule has 212 valence electrons. The number of carbonyl (C=O) groups excluding carboxylic acids is 3. The maximum absolute atomic E-state index is 13.0. The summed E-state index contributed by atoms with van der Waals surface area (Å²) in [6.45, 7) is 1.12. The molecule has 1 aliphatic heterocycles. The smallest absolute Gasteiger partial charge is 0.490 e. The van der Waals surface area contributed by atoms with Crippen molar-refractivity contribution >= 4 is 23.8 Å². The van der Waals surface area contributed by atoms with E-state index in [-0.39, 0.29) is 28.5 Å². The minimum absolute atomic E-state index is 0.0149. The second kappa shape index (κ2) is 14.0. The van der Waals surface area contributed by atoms with E-state index in [4.69, 9.17) is 24.1 Å². The number of phenolic OH excluding ortho intramolecular Hbond substituents is 1. The Morgan fingerprint density at radius 3 is 2.23 bits per heavy atom. The van der Waals surface area contributed by atoms with E-state index in [2.05, 4.69) is 10.6 Å². The third-order valence-corrected chi connectivity index (χ3v) is 5.46. The lowest BCUT2D eigenvalue weighted by molar-refractivity contribution is -0.192. The number of aliphatic carboxylic acids is 1. The number of rotatable bonds is 6. The number of alkyl halides is 3. The number of carboxylic acid groups (broad SMARTS) is 1. The van der Waals surface area contributed by atoms with Gasteiger partial charge in [0.15, 0.2) is 0 Å². The number of carbonyl (C=O) groups is 4. The van der Waals surface area contributed by atoms with Crippen LogP contribution in [0.3, 0.4) is 0 Å². The summed E-state index contributed by atoms with van der Waals surface area (Å²) in [5, 5.41) is 22.7. The number of methoxy groups -OCH3 is 2. The lowest BCUT2D eigenvalue weighted by Gasteiger charge is -2.26. The largest absolute Gasteiger partial charge is 0.508 e. The molecule has 39 heavy (non-hydrogen) atoms. The van der Waals surface area contributed by atoms with E-state index in [1.807, 2.05) is 0 Å². The lowest BCUT2D eigenvalue weighted by Crippen LogP contribution is -2.49. The molecule has 1 heterocycles. The van der Waals surface area contributed by atoms with Gasteiger partial charge in [-0.05, 0) is 55.8 Å². The quantitative estimate of drug-likeness (QED) is 0.389. The summed E-state index contributed by atoms with van der Waals surface area (Å²) >= 11 is 0. The predicted octanol–water partition coefficient (Wildman–Crippen LogP) is 2.53. The number of esters is 2. The summed E-state index contributed by atoms with van der Waals surface area (Å²) in [6.07, 6.45) is -4.43. The van der Waals surface area contributed by atoms with Crippen LogP contribution in [-0.2, 0) is 14.3 Å². The van der Waals surface area contributed by atoms with E-state index in [0.717, 1.165) is 6.42 Å². The Morgan fingerprint density at radius 2 is 1.67 bits per heavy atom. The highest BCUT2D eigenvalue weighted by atomic mass is 19.4. The number of ether oxygens (including phenoxy) is 3. The Bertz CT molecular complexity index is 1170. The fourth-order valence-electron chi connectivity index (χ4n) is 3.55. The second-order valence-corrected chi connectivity index (χ2v) is 8.09. The van der Waals surface area contributed by atoms with Crippen molar-refractivity contribution in [2.24, 2.45) is 0 Å². The molecule has 0 aromatic heterocycles. The topological polar surface area (TPSA) is 160 Å². The summed E-state index contributed by atoms with van der Waals surface area (Å²) in [6, 6.07) is 9.98. The van der Waals surface area contributed by atoms with Crippen LogP contribution in [0.25, 0.3) is 0 Å². The molecule has 1 amide bonds. The van der Waals surface area contributed by atoms with Crippen molar-refractivity contribution < 1.29 is 56.8 Å². The zero-order valence-electron chi connectivity index (χ0n) is 20.9. The standard InChI is InChI=1S/C23H26N2O7.C2HF3O2/c1-30-19-6-3-5-16(20(19)23(29)31-2)22(28)32-18-7-4-12-24-13-17(18)25-21(27)14-8-10-15(26)11-9-14;3-2(4,5)1(6)7/h3,5-6,8-11,17-18,24,26H,4,7,12-13H2,1-2H3,(H,25,27);(H,6,7)/t17-,18-;/m1./s1. The third-order valence-electron chi connectivity index (χ3n) is 5.46. The first-order valence-electron chi connectivity index (χ1n) is 11.5. The Labute approximate surface area is 220 Å². The number of hydrogen-bond donors (Lipinski definition) is 4.